The summed E-state index contributed by atoms with van der Waals surface area (Å²) in [6.45, 7) is 1.27. The molecule has 0 N–H and O–H groups in total. The predicted molar refractivity (Wildman–Crippen MR) is 117 cm³/mol. The van der Waals surface area contributed by atoms with E-state index in [0.717, 1.165) is 35.6 Å². The lowest BCUT2D eigenvalue weighted by Gasteiger charge is -2.23. The zero-order chi connectivity index (χ0) is 19.5. The fourth-order valence-corrected chi connectivity index (χ4v) is 5.20. The molecule has 1 aliphatic heterocycles. The van der Waals surface area contributed by atoms with Gasteiger partial charge in [0.15, 0.2) is 5.13 Å². The van der Waals surface area contributed by atoms with Gasteiger partial charge in [0.2, 0.25) is 5.91 Å². The van der Waals surface area contributed by atoms with Crippen LogP contribution in [-0.4, -0.2) is 30.1 Å². The van der Waals surface area contributed by atoms with Crippen molar-refractivity contribution in [1.82, 2.24) is 4.98 Å². The fourth-order valence-electron chi connectivity index (χ4n) is 3.15. The van der Waals surface area contributed by atoms with Crippen molar-refractivity contribution in [1.29, 1.82) is 0 Å². The van der Waals surface area contributed by atoms with Gasteiger partial charge in [-0.25, -0.2) is 4.98 Å². The van der Waals surface area contributed by atoms with Gasteiger partial charge in [-0.1, -0.05) is 29.3 Å². The Labute approximate surface area is 181 Å². The van der Waals surface area contributed by atoms with E-state index in [1.165, 1.54) is 11.3 Å². The minimum Gasteiger partial charge on any atom is -0.376 e. The van der Waals surface area contributed by atoms with Crippen molar-refractivity contribution in [3.05, 3.63) is 56.0 Å². The molecule has 146 valence electrons. The molecule has 4 rings (SSSR count). The highest BCUT2D eigenvalue weighted by atomic mass is 35.5. The number of rotatable bonds is 6. The average Bonchev–Trinajstić information content (AvgIpc) is 3.42. The SMILES string of the molecule is O=C(Cc1cccs1)N(C[C@H]1CCCO1)c1nc(-c2ccc(Cl)cc2Cl)cs1. The van der Waals surface area contributed by atoms with Crippen molar-refractivity contribution in [2.45, 2.75) is 25.4 Å². The number of halogens is 2. The number of thiophene rings is 1. The number of carbonyl (C=O) groups excluding carboxylic acids is 1. The first-order valence-electron chi connectivity index (χ1n) is 8.95. The van der Waals surface area contributed by atoms with Crippen LogP contribution in [0, 0.1) is 0 Å². The Balaban J connectivity index is 1.60. The zero-order valence-electron chi connectivity index (χ0n) is 14.9. The number of aromatic nitrogens is 1. The Morgan fingerprint density at radius 2 is 2.18 bits per heavy atom. The second-order valence-corrected chi connectivity index (χ2v) is 9.25. The summed E-state index contributed by atoms with van der Waals surface area (Å²) in [6, 6.07) is 9.27. The van der Waals surface area contributed by atoms with Gasteiger partial charge < -0.3 is 4.74 Å². The highest BCUT2D eigenvalue weighted by Crippen LogP contribution is 2.34. The molecular formula is C20H18Cl2N2O2S2. The summed E-state index contributed by atoms with van der Waals surface area (Å²) in [4.78, 5) is 20.6. The standard InChI is InChI=1S/C20H18Cl2N2O2S2/c21-13-5-6-16(17(22)9-13)18-12-28-20(23-18)24(11-14-3-1-7-26-14)19(25)10-15-4-2-8-27-15/h2,4-6,8-9,12,14H,1,3,7,10-11H2/t14-/m1/s1. The smallest absolute Gasteiger partial charge is 0.234 e. The number of anilines is 1. The molecular weight excluding hydrogens is 435 g/mol. The third-order valence-electron chi connectivity index (χ3n) is 4.55. The van der Waals surface area contributed by atoms with E-state index in [1.807, 2.05) is 29.0 Å². The molecule has 0 spiro atoms. The lowest BCUT2D eigenvalue weighted by Crippen LogP contribution is -2.38. The molecule has 1 amide bonds. The van der Waals surface area contributed by atoms with Crippen LogP contribution in [0.3, 0.4) is 0 Å². The molecule has 1 aromatic carbocycles. The molecule has 3 aromatic rings. The maximum absolute atomic E-state index is 13.1. The first-order chi connectivity index (χ1) is 13.6. The number of carbonyl (C=O) groups is 1. The summed E-state index contributed by atoms with van der Waals surface area (Å²) >= 11 is 15.4. The molecule has 0 bridgehead atoms. The summed E-state index contributed by atoms with van der Waals surface area (Å²) in [5.74, 6) is 0.0288. The van der Waals surface area contributed by atoms with E-state index in [-0.39, 0.29) is 12.0 Å². The van der Waals surface area contributed by atoms with Crippen LogP contribution >= 0.6 is 45.9 Å². The van der Waals surface area contributed by atoms with Gasteiger partial charge in [0.05, 0.1) is 29.8 Å². The molecule has 0 radical (unpaired) electrons. The molecule has 3 heterocycles. The van der Waals surface area contributed by atoms with Crippen LogP contribution in [0.15, 0.2) is 41.1 Å². The number of ether oxygens (including phenoxy) is 1. The van der Waals surface area contributed by atoms with Gasteiger partial charge in [0.1, 0.15) is 0 Å². The van der Waals surface area contributed by atoms with E-state index >= 15 is 0 Å². The molecule has 0 aliphatic carbocycles. The van der Waals surface area contributed by atoms with Gasteiger partial charge in [0.25, 0.3) is 0 Å². The molecule has 0 unspecified atom stereocenters. The van der Waals surface area contributed by atoms with E-state index in [4.69, 9.17) is 32.9 Å². The Bertz CT molecular complexity index is 953. The number of thiazole rings is 1. The Morgan fingerprint density at radius 3 is 2.89 bits per heavy atom. The van der Waals surface area contributed by atoms with E-state index in [9.17, 15) is 4.79 Å². The zero-order valence-corrected chi connectivity index (χ0v) is 18.1. The fraction of sp³-hybridized carbons (Fsp3) is 0.300. The number of amides is 1. The number of hydrogen-bond donors (Lipinski definition) is 0. The maximum Gasteiger partial charge on any atom is 0.234 e. The number of benzene rings is 1. The Kier molecular flexibility index (Phi) is 6.33. The minimum atomic E-state index is 0.0288. The van der Waals surface area contributed by atoms with E-state index in [0.29, 0.717) is 28.1 Å². The monoisotopic (exact) mass is 452 g/mol. The number of hydrogen-bond acceptors (Lipinski definition) is 5. The molecule has 1 saturated heterocycles. The summed E-state index contributed by atoms with van der Waals surface area (Å²) < 4.78 is 5.76. The maximum atomic E-state index is 13.1. The Morgan fingerprint density at radius 1 is 1.29 bits per heavy atom. The highest BCUT2D eigenvalue weighted by molar-refractivity contribution is 7.14. The first-order valence-corrected chi connectivity index (χ1v) is 11.5. The second kappa shape index (κ2) is 8.93. The highest BCUT2D eigenvalue weighted by Gasteiger charge is 2.26. The van der Waals surface area contributed by atoms with E-state index in [2.05, 4.69) is 0 Å². The van der Waals surface area contributed by atoms with Crippen molar-refractivity contribution in [2.24, 2.45) is 0 Å². The quantitative estimate of drug-likeness (QED) is 0.464. The number of nitrogens with zero attached hydrogens (tertiary/aromatic N) is 2. The average molecular weight is 453 g/mol. The van der Waals surface area contributed by atoms with E-state index < -0.39 is 0 Å². The second-order valence-electron chi connectivity index (χ2n) is 6.54. The predicted octanol–water partition coefficient (Wildman–Crippen LogP) is 5.93. The third kappa shape index (κ3) is 4.58. The van der Waals surface area contributed by atoms with Gasteiger partial charge in [-0.15, -0.1) is 22.7 Å². The van der Waals surface area contributed by atoms with Gasteiger partial charge in [0, 0.05) is 27.5 Å². The van der Waals surface area contributed by atoms with Gasteiger partial charge in [-0.05, 0) is 42.5 Å². The lowest BCUT2D eigenvalue weighted by molar-refractivity contribution is -0.118. The molecule has 28 heavy (non-hydrogen) atoms. The molecule has 1 atom stereocenters. The summed E-state index contributed by atoms with van der Waals surface area (Å²) in [5, 5.41) is 5.69. The minimum absolute atomic E-state index is 0.0288. The van der Waals surface area contributed by atoms with Gasteiger partial charge in [-0.2, -0.15) is 0 Å². The van der Waals surface area contributed by atoms with Crippen LogP contribution in [0.25, 0.3) is 11.3 Å². The van der Waals surface area contributed by atoms with Crippen molar-refractivity contribution in [3.63, 3.8) is 0 Å². The van der Waals surface area contributed by atoms with Crippen LogP contribution < -0.4 is 4.90 Å². The van der Waals surface area contributed by atoms with Crippen LogP contribution in [0.4, 0.5) is 5.13 Å². The Hall–Kier alpha value is -1.44. The van der Waals surface area contributed by atoms with Crippen molar-refractivity contribution in [2.75, 3.05) is 18.1 Å². The topological polar surface area (TPSA) is 42.4 Å². The first kappa shape index (κ1) is 19.9. The van der Waals surface area contributed by atoms with Crippen molar-refractivity contribution >= 4 is 56.9 Å². The molecule has 2 aromatic heterocycles. The van der Waals surface area contributed by atoms with Gasteiger partial charge >= 0.3 is 0 Å². The molecule has 8 heteroatoms. The van der Waals surface area contributed by atoms with Crippen molar-refractivity contribution < 1.29 is 9.53 Å². The van der Waals surface area contributed by atoms with Crippen LogP contribution in [0.1, 0.15) is 17.7 Å². The lowest BCUT2D eigenvalue weighted by atomic mass is 10.2. The van der Waals surface area contributed by atoms with Crippen LogP contribution in [0.2, 0.25) is 10.0 Å². The van der Waals surface area contributed by atoms with Gasteiger partial charge in [-0.3, -0.25) is 9.69 Å². The summed E-state index contributed by atoms with van der Waals surface area (Å²) in [6.07, 6.45) is 2.41. The third-order valence-corrected chi connectivity index (χ3v) is 6.83. The largest absolute Gasteiger partial charge is 0.376 e. The molecule has 4 nitrogen and oxygen atoms in total. The molecule has 1 aliphatic rings. The normalized spacial score (nSPS) is 16.4. The van der Waals surface area contributed by atoms with Crippen molar-refractivity contribution in [3.8, 4) is 11.3 Å². The summed E-state index contributed by atoms with van der Waals surface area (Å²) in [7, 11) is 0. The van der Waals surface area contributed by atoms with Crippen LogP contribution in [0.5, 0.6) is 0 Å². The van der Waals surface area contributed by atoms with Crippen LogP contribution in [-0.2, 0) is 16.0 Å². The molecule has 1 fully saturated rings. The summed E-state index contributed by atoms with van der Waals surface area (Å²) in [5.41, 5.74) is 1.54. The van der Waals surface area contributed by atoms with E-state index in [1.54, 1.807) is 28.4 Å². The molecule has 0 saturated carbocycles.